The van der Waals surface area contributed by atoms with Crippen LogP contribution in [-0.4, -0.2) is 29.2 Å². The van der Waals surface area contributed by atoms with Crippen molar-refractivity contribution in [2.75, 3.05) is 18.4 Å². The molecule has 0 N–H and O–H groups in total. The van der Waals surface area contributed by atoms with Gasteiger partial charge in [-0.05, 0) is 44.0 Å². The van der Waals surface area contributed by atoms with Crippen LogP contribution in [0.2, 0.25) is 0 Å². The lowest BCUT2D eigenvalue weighted by Crippen LogP contribution is -2.32. The van der Waals surface area contributed by atoms with Gasteiger partial charge in [0.15, 0.2) is 0 Å². The summed E-state index contributed by atoms with van der Waals surface area (Å²) in [5.74, 6) is 0.115. The Morgan fingerprint density at radius 1 is 1.41 bits per heavy atom. The number of hydrogen-bond acceptors (Lipinski definition) is 1. The summed E-state index contributed by atoms with van der Waals surface area (Å²) < 4.78 is 1.04. The summed E-state index contributed by atoms with van der Waals surface area (Å²) in [5.41, 5.74) is 1.86. The van der Waals surface area contributed by atoms with Gasteiger partial charge in [0.2, 0.25) is 0 Å². The predicted molar refractivity (Wildman–Crippen MR) is 78.9 cm³/mol. The number of rotatable bonds is 5. The summed E-state index contributed by atoms with van der Waals surface area (Å²) in [7, 11) is 0. The fourth-order valence-electron chi connectivity index (χ4n) is 1.61. The van der Waals surface area contributed by atoms with E-state index < -0.39 is 0 Å². The maximum Gasteiger partial charge on any atom is 0.253 e. The minimum atomic E-state index is 0.115. The number of alkyl halides is 1. The lowest BCUT2D eigenvalue weighted by atomic mass is 10.1. The molecule has 0 fully saturated rings. The molecule has 0 saturated heterocycles. The van der Waals surface area contributed by atoms with Crippen molar-refractivity contribution in [3.05, 3.63) is 33.8 Å². The molecule has 0 heterocycles. The minimum absolute atomic E-state index is 0.115. The first kappa shape index (κ1) is 14.7. The third kappa shape index (κ3) is 4.11. The molecule has 0 bridgehead atoms. The SMILES string of the molecule is CCN(CCCBr)C(=O)c1ccc(Br)c(C)c1. The number of carbonyl (C=O) groups is 1. The van der Waals surface area contributed by atoms with Gasteiger partial charge in [-0.25, -0.2) is 0 Å². The average molecular weight is 363 g/mol. The average Bonchev–Trinajstić information content (AvgIpc) is 2.33. The van der Waals surface area contributed by atoms with Crippen LogP contribution in [0.5, 0.6) is 0 Å². The Balaban J connectivity index is 2.82. The maximum atomic E-state index is 12.2. The summed E-state index contributed by atoms with van der Waals surface area (Å²) in [6.45, 7) is 5.56. The van der Waals surface area contributed by atoms with E-state index in [0.29, 0.717) is 0 Å². The smallest absolute Gasteiger partial charge is 0.253 e. The first-order valence-electron chi connectivity index (χ1n) is 5.71. The van der Waals surface area contributed by atoms with Crippen molar-refractivity contribution in [2.45, 2.75) is 20.3 Å². The van der Waals surface area contributed by atoms with Crippen LogP contribution < -0.4 is 0 Å². The van der Waals surface area contributed by atoms with Gasteiger partial charge in [-0.15, -0.1) is 0 Å². The molecule has 0 radical (unpaired) electrons. The normalized spacial score (nSPS) is 10.4. The van der Waals surface area contributed by atoms with E-state index in [1.165, 1.54) is 0 Å². The van der Waals surface area contributed by atoms with E-state index in [1.807, 2.05) is 36.9 Å². The van der Waals surface area contributed by atoms with Gasteiger partial charge in [-0.2, -0.15) is 0 Å². The molecule has 0 unspecified atom stereocenters. The van der Waals surface area contributed by atoms with Crippen molar-refractivity contribution in [1.82, 2.24) is 4.90 Å². The minimum Gasteiger partial charge on any atom is -0.339 e. The fraction of sp³-hybridized carbons (Fsp3) is 0.462. The fourth-order valence-corrected chi connectivity index (χ4v) is 2.11. The van der Waals surface area contributed by atoms with E-state index >= 15 is 0 Å². The van der Waals surface area contributed by atoms with Crippen LogP contribution in [0.15, 0.2) is 22.7 Å². The topological polar surface area (TPSA) is 20.3 Å². The van der Waals surface area contributed by atoms with E-state index in [1.54, 1.807) is 0 Å². The molecule has 0 aliphatic rings. The molecule has 0 saturated carbocycles. The first-order chi connectivity index (χ1) is 8.10. The summed E-state index contributed by atoms with van der Waals surface area (Å²) in [6.07, 6.45) is 0.981. The second-order valence-corrected chi connectivity index (χ2v) is 5.54. The van der Waals surface area contributed by atoms with Crippen molar-refractivity contribution in [1.29, 1.82) is 0 Å². The zero-order valence-corrected chi connectivity index (χ0v) is 13.3. The zero-order chi connectivity index (χ0) is 12.8. The van der Waals surface area contributed by atoms with Gasteiger partial charge in [0.1, 0.15) is 0 Å². The van der Waals surface area contributed by atoms with E-state index in [0.717, 1.165) is 40.4 Å². The van der Waals surface area contributed by atoms with Crippen LogP contribution in [0.1, 0.15) is 29.3 Å². The van der Waals surface area contributed by atoms with Crippen LogP contribution in [0.25, 0.3) is 0 Å². The molecular weight excluding hydrogens is 346 g/mol. The highest BCUT2D eigenvalue weighted by Gasteiger charge is 2.14. The molecule has 0 atom stereocenters. The Morgan fingerprint density at radius 3 is 2.65 bits per heavy atom. The summed E-state index contributed by atoms with van der Waals surface area (Å²) in [5, 5.41) is 0.927. The van der Waals surface area contributed by atoms with Crippen LogP contribution in [0.3, 0.4) is 0 Å². The van der Waals surface area contributed by atoms with Crippen molar-refractivity contribution in [2.24, 2.45) is 0 Å². The third-order valence-corrected chi connectivity index (χ3v) is 4.09. The van der Waals surface area contributed by atoms with Crippen LogP contribution in [0.4, 0.5) is 0 Å². The molecule has 0 aromatic heterocycles. The molecule has 0 aliphatic heterocycles. The Bertz CT molecular complexity index is 393. The summed E-state index contributed by atoms with van der Waals surface area (Å²) in [4.78, 5) is 14.1. The van der Waals surface area contributed by atoms with Gasteiger partial charge in [0.05, 0.1) is 0 Å². The van der Waals surface area contributed by atoms with E-state index in [-0.39, 0.29) is 5.91 Å². The molecule has 2 nitrogen and oxygen atoms in total. The van der Waals surface area contributed by atoms with Gasteiger partial charge in [0, 0.05) is 28.5 Å². The second kappa shape index (κ2) is 7.17. The lowest BCUT2D eigenvalue weighted by Gasteiger charge is -2.20. The van der Waals surface area contributed by atoms with Crippen molar-refractivity contribution < 1.29 is 4.79 Å². The van der Waals surface area contributed by atoms with Gasteiger partial charge < -0.3 is 4.90 Å². The molecular formula is C13H17Br2NO. The molecule has 94 valence electrons. The van der Waals surface area contributed by atoms with Crippen LogP contribution in [0, 0.1) is 6.92 Å². The molecule has 1 aromatic rings. The van der Waals surface area contributed by atoms with Crippen molar-refractivity contribution >= 4 is 37.8 Å². The Labute approximate surface area is 120 Å². The number of benzene rings is 1. The Hall–Kier alpha value is -0.350. The van der Waals surface area contributed by atoms with Gasteiger partial charge in [0.25, 0.3) is 5.91 Å². The highest BCUT2D eigenvalue weighted by molar-refractivity contribution is 9.10. The monoisotopic (exact) mass is 361 g/mol. The molecule has 0 aliphatic carbocycles. The molecule has 1 rings (SSSR count). The Morgan fingerprint density at radius 2 is 2.12 bits per heavy atom. The summed E-state index contributed by atoms with van der Waals surface area (Å²) in [6, 6.07) is 5.74. The number of amides is 1. The second-order valence-electron chi connectivity index (χ2n) is 3.89. The Kier molecular flexibility index (Phi) is 6.20. The van der Waals surface area contributed by atoms with Gasteiger partial charge in [-0.1, -0.05) is 31.9 Å². The maximum absolute atomic E-state index is 12.2. The zero-order valence-electron chi connectivity index (χ0n) is 10.2. The standard InChI is InChI=1S/C13H17Br2NO/c1-3-16(8-4-7-14)13(17)11-5-6-12(15)10(2)9-11/h5-6,9H,3-4,7-8H2,1-2H3. The molecule has 1 amide bonds. The highest BCUT2D eigenvalue weighted by Crippen LogP contribution is 2.18. The third-order valence-electron chi connectivity index (χ3n) is 2.64. The van der Waals surface area contributed by atoms with E-state index in [4.69, 9.17) is 0 Å². The largest absolute Gasteiger partial charge is 0.339 e. The summed E-state index contributed by atoms with van der Waals surface area (Å²) >= 11 is 6.83. The number of halogens is 2. The lowest BCUT2D eigenvalue weighted by molar-refractivity contribution is 0.0765. The molecule has 0 spiro atoms. The van der Waals surface area contributed by atoms with Gasteiger partial charge >= 0.3 is 0 Å². The van der Waals surface area contributed by atoms with Gasteiger partial charge in [-0.3, -0.25) is 4.79 Å². The van der Waals surface area contributed by atoms with Crippen molar-refractivity contribution in [3.8, 4) is 0 Å². The number of hydrogen-bond donors (Lipinski definition) is 0. The van der Waals surface area contributed by atoms with Crippen molar-refractivity contribution in [3.63, 3.8) is 0 Å². The number of carbonyl (C=O) groups excluding carboxylic acids is 1. The van der Waals surface area contributed by atoms with Crippen LogP contribution in [-0.2, 0) is 0 Å². The number of nitrogens with zero attached hydrogens (tertiary/aromatic N) is 1. The molecule has 4 heteroatoms. The highest BCUT2D eigenvalue weighted by atomic mass is 79.9. The predicted octanol–water partition coefficient (Wildman–Crippen LogP) is 4.00. The molecule has 17 heavy (non-hydrogen) atoms. The quantitative estimate of drug-likeness (QED) is 0.725. The molecule has 1 aromatic carbocycles. The van der Waals surface area contributed by atoms with Crippen LogP contribution >= 0.6 is 31.9 Å². The number of aryl methyl sites for hydroxylation is 1. The first-order valence-corrected chi connectivity index (χ1v) is 7.63. The van der Waals surface area contributed by atoms with E-state index in [2.05, 4.69) is 31.9 Å². The van der Waals surface area contributed by atoms with E-state index in [9.17, 15) is 4.79 Å².